The Morgan fingerprint density at radius 2 is 2.33 bits per heavy atom. The molecule has 1 unspecified atom stereocenters. The quantitative estimate of drug-likeness (QED) is 0.849. The van der Waals surface area contributed by atoms with Crippen LogP contribution in [0.25, 0.3) is 0 Å². The summed E-state index contributed by atoms with van der Waals surface area (Å²) in [6.45, 7) is 2.14. The first-order chi connectivity index (χ1) is 5.63. The van der Waals surface area contributed by atoms with E-state index >= 15 is 0 Å². The maximum absolute atomic E-state index is 9.97. The fourth-order valence-corrected chi connectivity index (χ4v) is 3.04. The molecule has 0 amide bonds. The number of aliphatic hydroxyl groups excluding tert-OH is 1. The maximum Gasteiger partial charge on any atom is 0.0946 e. The second kappa shape index (κ2) is 2.82. The van der Waals surface area contributed by atoms with Crippen LogP contribution in [0.3, 0.4) is 0 Å². The molecule has 0 saturated heterocycles. The molecular formula is C9H11BrOS. The summed E-state index contributed by atoms with van der Waals surface area (Å²) >= 11 is 5.07. The van der Waals surface area contributed by atoms with Crippen molar-refractivity contribution in [1.29, 1.82) is 0 Å². The zero-order valence-electron chi connectivity index (χ0n) is 6.88. The topological polar surface area (TPSA) is 20.2 Å². The van der Waals surface area contributed by atoms with E-state index in [1.807, 2.05) is 11.4 Å². The van der Waals surface area contributed by atoms with Crippen molar-refractivity contribution in [1.82, 2.24) is 0 Å². The smallest absolute Gasteiger partial charge is 0.0946 e. The summed E-state index contributed by atoms with van der Waals surface area (Å²) < 4.78 is 1.05. The Hall–Kier alpha value is 0.140. The van der Waals surface area contributed by atoms with E-state index < -0.39 is 0 Å². The van der Waals surface area contributed by atoms with Gasteiger partial charge >= 0.3 is 0 Å². The van der Waals surface area contributed by atoms with Gasteiger partial charge < -0.3 is 5.11 Å². The SMILES string of the molecule is CC1(C(O)c2sccc2Br)CC1. The van der Waals surface area contributed by atoms with Crippen LogP contribution < -0.4 is 0 Å². The molecule has 1 aliphatic rings. The summed E-state index contributed by atoms with van der Waals surface area (Å²) in [5, 5.41) is 12.0. The van der Waals surface area contributed by atoms with Crippen LogP contribution >= 0.6 is 27.3 Å². The third-order valence-corrected chi connectivity index (χ3v) is 4.52. The van der Waals surface area contributed by atoms with Crippen molar-refractivity contribution in [3.63, 3.8) is 0 Å². The third kappa shape index (κ3) is 1.34. The van der Waals surface area contributed by atoms with E-state index in [1.54, 1.807) is 11.3 Å². The summed E-state index contributed by atoms with van der Waals surface area (Å²) in [5.41, 5.74) is 0.160. The van der Waals surface area contributed by atoms with Gasteiger partial charge in [-0.1, -0.05) is 6.92 Å². The second-order valence-corrected chi connectivity index (χ2v) is 5.49. The zero-order valence-corrected chi connectivity index (χ0v) is 9.28. The molecule has 1 nitrogen and oxygen atoms in total. The van der Waals surface area contributed by atoms with E-state index in [0.29, 0.717) is 0 Å². The van der Waals surface area contributed by atoms with Crippen molar-refractivity contribution >= 4 is 27.3 Å². The van der Waals surface area contributed by atoms with E-state index in [2.05, 4.69) is 22.9 Å². The Bertz CT molecular complexity index is 290. The minimum absolute atomic E-state index is 0.160. The lowest BCUT2D eigenvalue weighted by Crippen LogP contribution is -2.08. The minimum Gasteiger partial charge on any atom is -0.387 e. The molecule has 0 spiro atoms. The summed E-state index contributed by atoms with van der Waals surface area (Å²) in [5.74, 6) is 0. The van der Waals surface area contributed by atoms with Crippen molar-refractivity contribution in [3.05, 3.63) is 20.8 Å². The molecule has 1 aromatic heterocycles. The third-order valence-electron chi connectivity index (χ3n) is 2.59. The second-order valence-electron chi connectivity index (χ2n) is 3.69. The molecule has 1 atom stereocenters. The molecule has 1 N–H and O–H groups in total. The summed E-state index contributed by atoms with van der Waals surface area (Å²) in [7, 11) is 0. The van der Waals surface area contributed by atoms with Crippen LogP contribution in [-0.2, 0) is 0 Å². The molecule has 0 aliphatic heterocycles. The highest BCUT2D eigenvalue weighted by atomic mass is 79.9. The monoisotopic (exact) mass is 246 g/mol. The van der Waals surface area contributed by atoms with Crippen molar-refractivity contribution in [2.45, 2.75) is 25.9 Å². The molecule has 2 rings (SSSR count). The lowest BCUT2D eigenvalue weighted by Gasteiger charge is -2.16. The average Bonchev–Trinajstić information content (AvgIpc) is 2.63. The Labute approximate surface area is 84.6 Å². The predicted molar refractivity (Wildman–Crippen MR) is 54.3 cm³/mol. The number of hydrogen-bond acceptors (Lipinski definition) is 2. The molecule has 1 saturated carbocycles. The van der Waals surface area contributed by atoms with Gasteiger partial charge in [-0.3, -0.25) is 0 Å². The normalized spacial score (nSPS) is 22.2. The van der Waals surface area contributed by atoms with Crippen LogP contribution in [0, 0.1) is 5.41 Å². The summed E-state index contributed by atoms with van der Waals surface area (Å²) in [6.07, 6.45) is 2.03. The Morgan fingerprint density at radius 1 is 1.67 bits per heavy atom. The van der Waals surface area contributed by atoms with Crippen LogP contribution in [0.1, 0.15) is 30.7 Å². The first-order valence-electron chi connectivity index (χ1n) is 4.04. The van der Waals surface area contributed by atoms with Gasteiger partial charge in [0.15, 0.2) is 0 Å². The molecule has 0 bridgehead atoms. The average molecular weight is 247 g/mol. The predicted octanol–water partition coefficient (Wildman–Crippen LogP) is 3.34. The van der Waals surface area contributed by atoms with E-state index in [-0.39, 0.29) is 11.5 Å². The molecule has 12 heavy (non-hydrogen) atoms. The van der Waals surface area contributed by atoms with Gasteiger partial charge in [-0.05, 0) is 45.6 Å². The van der Waals surface area contributed by atoms with Crippen LogP contribution in [-0.4, -0.2) is 5.11 Å². The first kappa shape index (κ1) is 8.73. The van der Waals surface area contributed by atoms with E-state index in [9.17, 15) is 5.11 Å². The Balaban J connectivity index is 2.25. The molecule has 1 aromatic rings. The molecule has 1 fully saturated rings. The van der Waals surface area contributed by atoms with Crippen molar-refractivity contribution < 1.29 is 5.11 Å². The van der Waals surface area contributed by atoms with Gasteiger partial charge in [-0.2, -0.15) is 0 Å². The molecule has 66 valence electrons. The fourth-order valence-electron chi connectivity index (χ4n) is 1.29. The highest BCUT2D eigenvalue weighted by Crippen LogP contribution is 2.56. The van der Waals surface area contributed by atoms with Gasteiger partial charge in [0.05, 0.1) is 6.10 Å². The lowest BCUT2D eigenvalue weighted by molar-refractivity contribution is 0.106. The van der Waals surface area contributed by atoms with Crippen molar-refractivity contribution in [2.75, 3.05) is 0 Å². The number of thiophene rings is 1. The van der Waals surface area contributed by atoms with Crippen molar-refractivity contribution in [2.24, 2.45) is 5.41 Å². The van der Waals surface area contributed by atoms with Crippen LogP contribution in [0.4, 0.5) is 0 Å². The van der Waals surface area contributed by atoms with Gasteiger partial charge in [-0.15, -0.1) is 11.3 Å². The lowest BCUT2D eigenvalue weighted by atomic mass is 10.0. The van der Waals surface area contributed by atoms with E-state index in [4.69, 9.17) is 0 Å². The van der Waals surface area contributed by atoms with Gasteiger partial charge in [0.25, 0.3) is 0 Å². The number of hydrogen-bond donors (Lipinski definition) is 1. The molecule has 3 heteroatoms. The molecular weight excluding hydrogens is 236 g/mol. The van der Waals surface area contributed by atoms with Gasteiger partial charge in [0.2, 0.25) is 0 Å². The number of halogens is 1. The zero-order chi connectivity index (χ0) is 8.77. The fraction of sp³-hybridized carbons (Fsp3) is 0.556. The standard InChI is InChI=1S/C9H11BrOS/c1-9(3-4-9)8(11)7-6(10)2-5-12-7/h2,5,8,11H,3-4H2,1H3. The van der Waals surface area contributed by atoms with Crippen LogP contribution in [0.5, 0.6) is 0 Å². The van der Waals surface area contributed by atoms with E-state index in [0.717, 1.165) is 22.2 Å². The molecule has 0 aromatic carbocycles. The first-order valence-corrected chi connectivity index (χ1v) is 5.72. The molecule has 1 heterocycles. The summed E-state index contributed by atoms with van der Waals surface area (Å²) in [4.78, 5) is 1.08. The largest absolute Gasteiger partial charge is 0.387 e. The maximum atomic E-state index is 9.97. The minimum atomic E-state index is -0.271. The Kier molecular flexibility index (Phi) is 2.05. The summed E-state index contributed by atoms with van der Waals surface area (Å²) in [6, 6.07) is 2.00. The van der Waals surface area contributed by atoms with Crippen LogP contribution in [0.15, 0.2) is 15.9 Å². The molecule has 1 aliphatic carbocycles. The van der Waals surface area contributed by atoms with Gasteiger partial charge in [0, 0.05) is 9.35 Å². The van der Waals surface area contributed by atoms with E-state index in [1.165, 1.54) is 0 Å². The highest BCUT2D eigenvalue weighted by Gasteiger charge is 2.45. The van der Waals surface area contributed by atoms with Crippen LogP contribution in [0.2, 0.25) is 0 Å². The van der Waals surface area contributed by atoms with Gasteiger partial charge in [0.1, 0.15) is 0 Å². The highest BCUT2D eigenvalue weighted by molar-refractivity contribution is 9.10. The Morgan fingerprint density at radius 3 is 2.75 bits per heavy atom. The molecule has 0 radical (unpaired) electrons. The van der Waals surface area contributed by atoms with Gasteiger partial charge in [-0.25, -0.2) is 0 Å². The van der Waals surface area contributed by atoms with Crippen molar-refractivity contribution in [3.8, 4) is 0 Å². The number of rotatable bonds is 2. The number of aliphatic hydroxyl groups is 1.